The van der Waals surface area contributed by atoms with E-state index in [2.05, 4.69) is 26.0 Å². The van der Waals surface area contributed by atoms with Gasteiger partial charge in [-0.1, -0.05) is 20.3 Å². The number of unbranched alkanes of at least 4 members (excludes halogenated alkanes) is 1. The van der Waals surface area contributed by atoms with Crippen LogP contribution in [0.25, 0.3) is 0 Å². The van der Waals surface area contributed by atoms with Gasteiger partial charge in [0.05, 0.1) is 0 Å². The topological polar surface area (TPSA) is 54.1 Å². The van der Waals surface area contributed by atoms with Crippen LogP contribution in [-0.4, -0.2) is 29.1 Å². The van der Waals surface area contributed by atoms with Crippen LogP contribution in [0.5, 0.6) is 0 Å². The highest BCUT2D eigenvalue weighted by molar-refractivity contribution is 5.26. The lowest BCUT2D eigenvalue weighted by Gasteiger charge is -2.27. The van der Waals surface area contributed by atoms with Crippen LogP contribution < -0.4 is 0 Å². The molecule has 0 amide bonds. The molecular formula is C12H18N4. The van der Waals surface area contributed by atoms with E-state index in [-0.39, 0.29) is 6.17 Å². The molecule has 0 bridgehead atoms. The van der Waals surface area contributed by atoms with Crippen molar-refractivity contribution in [1.82, 2.24) is 9.80 Å². The largest absolute Gasteiger partial charge is 0.343 e. The molecule has 0 N–H and O–H groups in total. The summed E-state index contributed by atoms with van der Waals surface area (Å²) < 4.78 is 0. The fraction of sp³-hybridized carbons (Fsp3) is 0.667. The molecule has 1 heterocycles. The van der Waals surface area contributed by atoms with E-state index in [9.17, 15) is 5.26 Å². The molecule has 1 aliphatic heterocycles. The van der Waals surface area contributed by atoms with E-state index in [1.807, 2.05) is 16.0 Å². The summed E-state index contributed by atoms with van der Waals surface area (Å²) in [6, 6.07) is 4.44. The van der Waals surface area contributed by atoms with E-state index in [4.69, 9.17) is 5.26 Å². The molecule has 0 saturated carbocycles. The van der Waals surface area contributed by atoms with Crippen molar-refractivity contribution in [2.45, 2.75) is 39.3 Å². The minimum Gasteiger partial charge on any atom is -0.343 e. The average molecular weight is 218 g/mol. The monoisotopic (exact) mass is 218 g/mol. The molecule has 1 aliphatic rings. The molecule has 0 aromatic carbocycles. The Bertz CT molecular complexity index is 334. The van der Waals surface area contributed by atoms with E-state index in [0.29, 0.717) is 5.70 Å². The first-order valence-corrected chi connectivity index (χ1v) is 5.82. The molecule has 0 spiro atoms. The van der Waals surface area contributed by atoms with Gasteiger partial charge in [-0.25, -0.2) is 0 Å². The van der Waals surface area contributed by atoms with Crippen molar-refractivity contribution >= 4 is 0 Å². The molecule has 0 fully saturated rings. The van der Waals surface area contributed by atoms with E-state index in [1.165, 1.54) is 0 Å². The van der Waals surface area contributed by atoms with Crippen LogP contribution in [0.1, 0.15) is 33.1 Å². The molecule has 0 saturated heterocycles. The van der Waals surface area contributed by atoms with Crippen LogP contribution in [0.3, 0.4) is 0 Å². The number of nitriles is 2. The summed E-state index contributed by atoms with van der Waals surface area (Å²) >= 11 is 0. The highest BCUT2D eigenvalue weighted by Crippen LogP contribution is 2.22. The van der Waals surface area contributed by atoms with Gasteiger partial charge in [0, 0.05) is 19.3 Å². The van der Waals surface area contributed by atoms with Crippen LogP contribution in [0.2, 0.25) is 0 Å². The Morgan fingerprint density at radius 1 is 1.25 bits per heavy atom. The van der Waals surface area contributed by atoms with Crippen molar-refractivity contribution in [3.63, 3.8) is 0 Å². The smallest absolute Gasteiger partial charge is 0.192 e. The van der Waals surface area contributed by atoms with Gasteiger partial charge in [0.15, 0.2) is 6.17 Å². The average Bonchev–Trinajstić information content (AvgIpc) is 2.64. The second-order valence-corrected chi connectivity index (χ2v) is 3.91. The zero-order valence-electron chi connectivity index (χ0n) is 9.98. The first-order valence-electron chi connectivity index (χ1n) is 5.82. The molecule has 16 heavy (non-hydrogen) atoms. The number of hydrogen-bond donors (Lipinski definition) is 0. The standard InChI is InChI=1S/C12H18N4/c1-3-5-7-16-11(8-13)10-15(6-4-2)12(16)9-14/h10,12H,3-7H2,1-2H3. The van der Waals surface area contributed by atoms with Gasteiger partial charge in [0.1, 0.15) is 17.8 Å². The maximum atomic E-state index is 9.17. The summed E-state index contributed by atoms with van der Waals surface area (Å²) in [6.07, 6.45) is 4.58. The minimum absolute atomic E-state index is 0.291. The number of rotatable bonds is 5. The predicted molar refractivity (Wildman–Crippen MR) is 61.7 cm³/mol. The Labute approximate surface area is 97.4 Å². The zero-order valence-corrected chi connectivity index (χ0v) is 9.98. The summed E-state index contributed by atoms with van der Waals surface area (Å²) in [5.74, 6) is 0. The van der Waals surface area contributed by atoms with Crippen LogP contribution in [0, 0.1) is 22.7 Å². The summed E-state index contributed by atoms with van der Waals surface area (Å²) in [5.41, 5.74) is 0.619. The number of nitrogens with zero attached hydrogens (tertiary/aromatic N) is 4. The summed E-state index contributed by atoms with van der Waals surface area (Å²) in [6.45, 7) is 5.79. The van der Waals surface area contributed by atoms with Gasteiger partial charge in [-0.3, -0.25) is 0 Å². The molecule has 1 unspecified atom stereocenters. The van der Waals surface area contributed by atoms with E-state index in [0.717, 1.165) is 32.4 Å². The maximum Gasteiger partial charge on any atom is 0.192 e. The minimum atomic E-state index is -0.291. The fourth-order valence-electron chi connectivity index (χ4n) is 1.87. The molecule has 1 rings (SSSR count). The van der Waals surface area contributed by atoms with Crippen molar-refractivity contribution in [2.75, 3.05) is 13.1 Å². The van der Waals surface area contributed by atoms with Crippen LogP contribution in [0.15, 0.2) is 11.9 Å². The predicted octanol–water partition coefficient (Wildman–Crippen LogP) is 2.03. The number of allylic oxidation sites excluding steroid dienone is 1. The Hall–Kier alpha value is -1.68. The Balaban J connectivity index is 2.78. The zero-order chi connectivity index (χ0) is 12.0. The van der Waals surface area contributed by atoms with Gasteiger partial charge >= 0.3 is 0 Å². The molecule has 4 heteroatoms. The van der Waals surface area contributed by atoms with E-state index in [1.54, 1.807) is 0 Å². The molecule has 0 aromatic heterocycles. The van der Waals surface area contributed by atoms with Crippen LogP contribution in [0.4, 0.5) is 0 Å². The molecule has 0 radical (unpaired) electrons. The van der Waals surface area contributed by atoms with Crippen molar-refractivity contribution in [2.24, 2.45) is 0 Å². The first kappa shape index (κ1) is 12.4. The van der Waals surface area contributed by atoms with Crippen LogP contribution >= 0.6 is 0 Å². The first-order chi connectivity index (χ1) is 7.78. The van der Waals surface area contributed by atoms with Gasteiger partial charge in [0.25, 0.3) is 0 Å². The molecular weight excluding hydrogens is 200 g/mol. The second kappa shape index (κ2) is 6.02. The van der Waals surface area contributed by atoms with E-state index < -0.39 is 0 Å². The highest BCUT2D eigenvalue weighted by atomic mass is 15.4. The van der Waals surface area contributed by atoms with Gasteiger partial charge in [0.2, 0.25) is 0 Å². The molecule has 4 nitrogen and oxygen atoms in total. The molecule has 0 aliphatic carbocycles. The van der Waals surface area contributed by atoms with Crippen molar-refractivity contribution < 1.29 is 0 Å². The van der Waals surface area contributed by atoms with E-state index >= 15 is 0 Å². The quantitative estimate of drug-likeness (QED) is 0.708. The van der Waals surface area contributed by atoms with Crippen molar-refractivity contribution in [1.29, 1.82) is 10.5 Å². The van der Waals surface area contributed by atoms with Gasteiger partial charge < -0.3 is 9.80 Å². The van der Waals surface area contributed by atoms with Crippen molar-refractivity contribution in [3.8, 4) is 12.1 Å². The summed E-state index contributed by atoms with van der Waals surface area (Å²) in [5, 5.41) is 18.2. The Kier molecular flexibility index (Phi) is 4.66. The van der Waals surface area contributed by atoms with Crippen LogP contribution in [-0.2, 0) is 0 Å². The molecule has 0 aromatic rings. The fourth-order valence-corrected chi connectivity index (χ4v) is 1.87. The lowest BCUT2D eigenvalue weighted by Crippen LogP contribution is -2.39. The lowest BCUT2D eigenvalue weighted by atomic mass is 10.3. The van der Waals surface area contributed by atoms with Gasteiger partial charge in [-0.15, -0.1) is 0 Å². The van der Waals surface area contributed by atoms with Crippen molar-refractivity contribution in [3.05, 3.63) is 11.9 Å². The summed E-state index contributed by atoms with van der Waals surface area (Å²) in [4.78, 5) is 3.85. The lowest BCUT2D eigenvalue weighted by molar-refractivity contribution is 0.195. The summed E-state index contributed by atoms with van der Waals surface area (Å²) in [7, 11) is 0. The van der Waals surface area contributed by atoms with Gasteiger partial charge in [-0.05, 0) is 12.8 Å². The molecule has 86 valence electrons. The number of hydrogen-bond acceptors (Lipinski definition) is 4. The third-order valence-electron chi connectivity index (χ3n) is 2.67. The third kappa shape index (κ3) is 2.46. The normalized spacial score (nSPS) is 19.2. The Morgan fingerprint density at radius 2 is 2.00 bits per heavy atom. The highest BCUT2D eigenvalue weighted by Gasteiger charge is 2.30. The SMILES string of the molecule is CCCCN1C(C#N)=CN(CCC)C1C#N. The Morgan fingerprint density at radius 3 is 2.50 bits per heavy atom. The maximum absolute atomic E-state index is 9.17. The molecule has 1 atom stereocenters. The van der Waals surface area contributed by atoms with Gasteiger partial charge in [-0.2, -0.15) is 10.5 Å². The third-order valence-corrected chi connectivity index (χ3v) is 2.67. The second-order valence-electron chi connectivity index (χ2n) is 3.91.